The van der Waals surface area contributed by atoms with Crippen LogP contribution < -0.4 is 14.8 Å². The van der Waals surface area contributed by atoms with Crippen molar-refractivity contribution in [1.29, 1.82) is 0 Å². The second kappa shape index (κ2) is 7.93. The van der Waals surface area contributed by atoms with Gasteiger partial charge in [-0.2, -0.15) is 0 Å². The zero-order valence-corrected chi connectivity index (χ0v) is 14.3. The number of ether oxygens (including phenoxy) is 2. The van der Waals surface area contributed by atoms with E-state index in [-0.39, 0.29) is 12.7 Å². The highest BCUT2D eigenvalue weighted by Crippen LogP contribution is 2.32. The van der Waals surface area contributed by atoms with Crippen LogP contribution in [-0.4, -0.2) is 25.0 Å². The van der Waals surface area contributed by atoms with Crippen LogP contribution in [0.2, 0.25) is 0 Å². The Balaban J connectivity index is 1.41. The Hall–Kier alpha value is -2.40. The normalized spacial score (nSPS) is 12.5. The van der Waals surface area contributed by atoms with Gasteiger partial charge >= 0.3 is 0 Å². The van der Waals surface area contributed by atoms with Gasteiger partial charge in [0.25, 0.3) is 0 Å². The first kappa shape index (κ1) is 16.5. The van der Waals surface area contributed by atoms with E-state index in [1.54, 1.807) is 17.8 Å². The fraction of sp³-hybridized carbons (Fsp3) is 0.211. The van der Waals surface area contributed by atoms with Crippen LogP contribution >= 0.6 is 11.8 Å². The van der Waals surface area contributed by atoms with E-state index in [2.05, 4.69) is 36.5 Å². The highest BCUT2D eigenvalue weighted by Gasteiger charge is 2.12. The lowest BCUT2D eigenvalue weighted by Crippen LogP contribution is -2.23. The first-order valence-electron chi connectivity index (χ1n) is 7.76. The molecule has 2 aromatic carbocycles. The minimum Gasteiger partial charge on any atom is -0.454 e. The van der Waals surface area contributed by atoms with Crippen LogP contribution in [-0.2, 0) is 4.79 Å². The lowest BCUT2D eigenvalue weighted by atomic mass is 10.2. The summed E-state index contributed by atoms with van der Waals surface area (Å²) >= 11 is 1.73. The molecule has 0 fully saturated rings. The number of benzene rings is 2. The predicted octanol–water partition coefficient (Wildman–Crippen LogP) is 3.65. The first-order chi connectivity index (χ1) is 11.7. The van der Waals surface area contributed by atoms with Gasteiger partial charge < -0.3 is 14.8 Å². The third-order valence-electron chi connectivity index (χ3n) is 3.51. The SMILES string of the molecule is Cc1ccc(SCCNC(=O)C=Cc2ccc3c(c2)OCO3)cc1. The van der Waals surface area contributed by atoms with E-state index < -0.39 is 0 Å². The number of fused-ring (bicyclic) bond motifs is 1. The van der Waals surface area contributed by atoms with Gasteiger partial charge in [0.1, 0.15) is 0 Å². The quantitative estimate of drug-likeness (QED) is 0.495. The summed E-state index contributed by atoms with van der Waals surface area (Å²) in [6, 6.07) is 14.0. The molecule has 5 heteroatoms. The van der Waals surface area contributed by atoms with Crippen molar-refractivity contribution >= 4 is 23.7 Å². The molecule has 1 N–H and O–H groups in total. The molecule has 0 radical (unpaired) electrons. The molecule has 1 heterocycles. The van der Waals surface area contributed by atoms with Crippen LogP contribution in [0.15, 0.2) is 53.4 Å². The fourth-order valence-corrected chi connectivity index (χ4v) is 2.99. The maximum absolute atomic E-state index is 11.8. The van der Waals surface area contributed by atoms with Crippen LogP contribution in [0, 0.1) is 6.92 Å². The summed E-state index contributed by atoms with van der Waals surface area (Å²) in [7, 11) is 0. The Morgan fingerprint density at radius 1 is 1.17 bits per heavy atom. The summed E-state index contributed by atoms with van der Waals surface area (Å²) in [5, 5.41) is 2.88. The van der Waals surface area contributed by atoms with E-state index >= 15 is 0 Å². The third-order valence-corrected chi connectivity index (χ3v) is 4.53. The van der Waals surface area contributed by atoms with Crippen LogP contribution in [0.3, 0.4) is 0 Å². The van der Waals surface area contributed by atoms with E-state index in [0.717, 1.165) is 17.1 Å². The summed E-state index contributed by atoms with van der Waals surface area (Å²) in [5.41, 5.74) is 2.16. The van der Waals surface area contributed by atoms with Crippen LogP contribution in [0.5, 0.6) is 11.5 Å². The van der Waals surface area contributed by atoms with Crippen molar-refractivity contribution < 1.29 is 14.3 Å². The van der Waals surface area contributed by atoms with E-state index in [0.29, 0.717) is 12.3 Å². The Labute approximate surface area is 145 Å². The van der Waals surface area contributed by atoms with Gasteiger partial charge in [-0.25, -0.2) is 0 Å². The molecule has 124 valence electrons. The molecular weight excluding hydrogens is 322 g/mol. The largest absolute Gasteiger partial charge is 0.454 e. The second-order valence-electron chi connectivity index (χ2n) is 5.40. The van der Waals surface area contributed by atoms with Crippen molar-refractivity contribution in [2.45, 2.75) is 11.8 Å². The molecule has 2 aromatic rings. The Kier molecular flexibility index (Phi) is 5.43. The zero-order chi connectivity index (χ0) is 16.8. The van der Waals surface area contributed by atoms with Crippen molar-refractivity contribution in [1.82, 2.24) is 5.32 Å². The summed E-state index contributed by atoms with van der Waals surface area (Å²) in [6.07, 6.45) is 3.30. The number of nitrogens with one attached hydrogen (secondary N) is 1. The van der Waals surface area contributed by atoms with Gasteiger partial charge in [-0.05, 0) is 42.8 Å². The molecular formula is C19H19NO3S. The summed E-state index contributed by atoms with van der Waals surface area (Å²) in [5.74, 6) is 2.20. The smallest absolute Gasteiger partial charge is 0.244 e. The molecule has 3 rings (SSSR count). The highest BCUT2D eigenvalue weighted by atomic mass is 32.2. The maximum Gasteiger partial charge on any atom is 0.244 e. The van der Waals surface area contributed by atoms with Crippen molar-refractivity contribution in [3.05, 3.63) is 59.7 Å². The van der Waals surface area contributed by atoms with Crippen molar-refractivity contribution in [3.8, 4) is 11.5 Å². The number of rotatable bonds is 6. The third kappa shape index (κ3) is 4.55. The molecule has 0 unspecified atom stereocenters. The molecule has 0 bridgehead atoms. The van der Waals surface area contributed by atoms with Gasteiger partial charge in [0.05, 0.1) is 0 Å². The number of hydrogen-bond donors (Lipinski definition) is 1. The Morgan fingerprint density at radius 3 is 2.79 bits per heavy atom. The number of hydrogen-bond acceptors (Lipinski definition) is 4. The second-order valence-corrected chi connectivity index (χ2v) is 6.57. The van der Waals surface area contributed by atoms with Gasteiger partial charge in [-0.1, -0.05) is 23.8 Å². The Morgan fingerprint density at radius 2 is 1.96 bits per heavy atom. The molecule has 0 aliphatic carbocycles. The van der Waals surface area contributed by atoms with Crippen LogP contribution in [0.1, 0.15) is 11.1 Å². The average Bonchev–Trinajstić information content (AvgIpc) is 3.06. The zero-order valence-electron chi connectivity index (χ0n) is 13.5. The van der Waals surface area contributed by atoms with Gasteiger partial charge in [0.15, 0.2) is 11.5 Å². The number of amides is 1. The molecule has 1 amide bonds. The minimum atomic E-state index is -0.0998. The molecule has 0 aromatic heterocycles. The average molecular weight is 341 g/mol. The van der Waals surface area contributed by atoms with E-state index in [9.17, 15) is 4.79 Å². The summed E-state index contributed by atoms with van der Waals surface area (Å²) in [4.78, 5) is 13.1. The molecule has 24 heavy (non-hydrogen) atoms. The van der Waals surface area contributed by atoms with Crippen LogP contribution in [0.25, 0.3) is 6.08 Å². The summed E-state index contributed by atoms with van der Waals surface area (Å²) in [6.45, 7) is 2.95. The Bertz CT molecular complexity index is 741. The van der Waals surface area contributed by atoms with Crippen molar-refractivity contribution in [2.75, 3.05) is 19.1 Å². The number of carbonyl (C=O) groups excluding carboxylic acids is 1. The topological polar surface area (TPSA) is 47.6 Å². The highest BCUT2D eigenvalue weighted by molar-refractivity contribution is 7.99. The number of aryl methyl sites for hydroxylation is 1. The lowest BCUT2D eigenvalue weighted by Gasteiger charge is -2.03. The van der Waals surface area contributed by atoms with Gasteiger partial charge in [0.2, 0.25) is 12.7 Å². The standard InChI is InChI=1S/C19H19NO3S/c1-14-2-6-16(7-3-14)24-11-10-20-19(21)9-5-15-4-8-17-18(12-15)23-13-22-17/h2-9,12H,10-11,13H2,1H3,(H,20,21). The minimum absolute atomic E-state index is 0.0998. The fourth-order valence-electron chi connectivity index (χ4n) is 2.23. The van der Waals surface area contributed by atoms with Gasteiger partial charge in [0, 0.05) is 23.3 Å². The first-order valence-corrected chi connectivity index (χ1v) is 8.74. The predicted molar refractivity (Wildman–Crippen MR) is 96.5 cm³/mol. The molecule has 1 aliphatic heterocycles. The van der Waals surface area contributed by atoms with Crippen LogP contribution in [0.4, 0.5) is 0 Å². The molecule has 0 atom stereocenters. The van der Waals surface area contributed by atoms with Crippen molar-refractivity contribution in [2.24, 2.45) is 0 Å². The number of carbonyl (C=O) groups is 1. The molecule has 0 saturated carbocycles. The van der Waals surface area contributed by atoms with E-state index in [1.165, 1.54) is 16.5 Å². The van der Waals surface area contributed by atoms with E-state index in [1.807, 2.05) is 18.2 Å². The maximum atomic E-state index is 11.8. The van der Waals surface area contributed by atoms with Gasteiger partial charge in [-0.3, -0.25) is 4.79 Å². The summed E-state index contributed by atoms with van der Waals surface area (Å²) < 4.78 is 10.6. The molecule has 0 saturated heterocycles. The van der Waals surface area contributed by atoms with E-state index in [4.69, 9.17) is 9.47 Å². The molecule has 0 spiro atoms. The lowest BCUT2D eigenvalue weighted by molar-refractivity contribution is -0.116. The molecule has 4 nitrogen and oxygen atoms in total. The molecule has 1 aliphatic rings. The monoisotopic (exact) mass is 341 g/mol. The van der Waals surface area contributed by atoms with Crippen molar-refractivity contribution in [3.63, 3.8) is 0 Å². The number of thioether (sulfide) groups is 1. The van der Waals surface area contributed by atoms with Gasteiger partial charge in [-0.15, -0.1) is 11.8 Å².